The SMILES string of the molecule is Cn1nnn(-c2cccc(C(F)F)c2COc2cc(Cl)ccc2Cl)c1=O. The summed E-state index contributed by atoms with van der Waals surface area (Å²) in [5.74, 6) is 0.237. The van der Waals surface area contributed by atoms with E-state index in [2.05, 4.69) is 10.4 Å². The lowest BCUT2D eigenvalue weighted by atomic mass is 10.1. The van der Waals surface area contributed by atoms with Crippen LogP contribution in [0.3, 0.4) is 0 Å². The minimum atomic E-state index is -2.77. The minimum absolute atomic E-state index is 0.0983. The van der Waals surface area contributed by atoms with Crippen molar-refractivity contribution in [2.45, 2.75) is 13.0 Å². The summed E-state index contributed by atoms with van der Waals surface area (Å²) in [4.78, 5) is 12.1. The summed E-state index contributed by atoms with van der Waals surface area (Å²) in [7, 11) is 1.41. The first-order valence-corrected chi connectivity index (χ1v) is 8.11. The molecule has 0 aliphatic carbocycles. The monoisotopic (exact) mass is 400 g/mol. The fraction of sp³-hybridized carbons (Fsp3) is 0.188. The van der Waals surface area contributed by atoms with Crippen LogP contribution in [0, 0.1) is 0 Å². The van der Waals surface area contributed by atoms with E-state index in [1.807, 2.05) is 0 Å². The second-order valence-electron chi connectivity index (χ2n) is 5.31. The van der Waals surface area contributed by atoms with Gasteiger partial charge in [0.1, 0.15) is 12.4 Å². The molecule has 6 nitrogen and oxygen atoms in total. The summed E-state index contributed by atoms with van der Waals surface area (Å²) in [5.41, 5.74) is -0.600. The fourth-order valence-corrected chi connectivity index (χ4v) is 2.69. The van der Waals surface area contributed by atoms with E-state index >= 15 is 0 Å². The third-order valence-corrected chi connectivity index (χ3v) is 4.19. The third-order valence-electron chi connectivity index (χ3n) is 3.64. The van der Waals surface area contributed by atoms with Gasteiger partial charge < -0.3 is 4.74 Å². The van der Waals surface area contributed by atoms with E-state index < -0.39 is 12.1 Å². The quantitative estimate of drug-likeness (QED) is 0.653. The maximum absolute atomic E-state index is 13.5. The molecule has 0 bridgehead atoms. The van der Waals surface area contributed by atoms with Crippen LogP contribution in [0.4, 0.5) is 8.78 Å². The van der Waals surface area contributed by atoms with E-state index in [1.165, 1.54) is 37.4 Å². The van der Waals surface area contributed by atoms with Crippen molar-refractivity contribution in [3.05, 3.63) is 68.1 Å². The highest BCUT2D eigenvalue weighted by Crippen LogP contribution is 2.31. The van der Waals surface area contributed by atoms with Crippen LogP contribution < -0.4 is 10.4 Å². The Kier molecular flexibility index (Phi) is 5.24. The van der Waals surface area contributed by atoms with Crippen LogP contribution in [0.15, 0.2) is 41.2 Å². The topological polar surface area (TPSA) is 61.9 Å². The van der Waals surface area contributed by atoms with E-state index in [0.717, 1.165) is 9.36 Å². The summed E-state index contributed by atoms with van der Waals surface area (Å²) >= 11 is 11.9. The number of halogens is 4. The van der Waals surface area contributed by atoms with Crippen molar-refractivity contribution < 1.29 is 13.5 Å². The number of rotatable bonds is 5. The molecule has 0 unspecified atom stereocenters. The van der Waals surface area contributed by atoms with Crippen molar-refractivity contribution >= 4 is 23.2 Å². The van der Waals surface area contributed by atoms with Gasteiger partial charge in [0.25, 0.3) is 6.43 Å². The summed E-state index contributed by atoms with van der Waals surface area (Å²) in [6, 6.07) is 8.74. The number of ether oxygens (including phenoxy) is 1. The lowest BCUT2D eigenvalue weighted by molar-refractivity contribution is 0.148. The molecule has 0 saturated carbocycles. The molecule has 1 aromatic heterocycles. The Morgan fingerprint density at radius 2 is 1.96 bits per heavy atom. The van der Waals surface area contributed by atoms with Crippen LogP contribution >= 0.6 is 23.2 Å². The van der Waals surface area contributed by atoms with Crippen molar-refractivity contribution in [1.82, 2.24) is 19.8 Å². The Labute approximate surface area is 156 Å². The Morgan fingerprint density at radius 3 is 2.62 bits per heavy atom. The third kappa shape index (κ3) is 3.56. The first kappa shape index (κ1) is 18.3. The van der Waals surface area contributed by atoms with Gasteiger partial charge in [0.2, 0.25) is 0 Å². The van der Waals surface area contributed by atoms with E-state index in [-0.39, 0.29) is 34.2 Å². The second kappa shape index (κ2) is 7.43. The Morgan fingerprint density at radius 1 is 1.19 bits per heavy atom. The van der Waals surface area contributed by atoms with E-state index in [9.17, 15) is 13.6 Å². The minimum Gasteiger partial charge on any atom is -0.487 e. The van der Waals surface area contributed by atoms with Gasteiger partial charge in [0.15, 0.2) is 0 Å². The molecule has 26 heavy (non-hydrogen) atoms. The van der Waals surface area contributed by atoms with E-state index in [4.69, 9.17) is 27.9 Å². The average Bonchev–Trinajstić information content (AvgIpc) is 2.94. The number of tetrazole rings is 1. The highest BCUT2D eigenvalue weighted by atomic mass is 35.5. The molecule has 10 heteroatoms. The first-order valence-electron chi connectivity index (χ1n) is 7.35. The van der Waals surface area contributed by atoms with Gasteiger partial charge in [-0.05, 0) is 28.6 Å². The number of nitrogens with zero attached hydrogens (tertiary/aromatic N) is 4. The molecule has 0 N–H and O–H groups in total. The lowest BCUT2D eigenvalue weighted by Crippen LogP contribution is -2.23. The summed E-state index contributed by atoms with van der Waals surface area (Å²) in [5, 5.41) is 7.97. The zero-order chi connectivity index (χ0) is 18.8. The van der Waals surface area contributed by atoms with Crippen LogP contribution in [0.25, 0.3) is 5.69 Å². The molecule has 0 spiro atoms. The Bertz CT molecular complexity index is 1000. The van der Waals surface area contributed by atoms with Gasteiger partial charge in [-0.25, -0.2) is 13.6 Å². The molecular weight excluding hydrogens is 389 g/mol. The van der Waals surface area contributed by atoms with Crippen LogP contribution in [0.5, 0.6) is 5.75 Å². The van der Waals surface area contributed by atoms with E-state index in [0.29, 0.717) is 5.02 Å². The molecular formula is C16H12Cl2F2N4O2. The molecule has 0 fully saturated rings. The van der Waals surface area contributed by atoms with Crippen molar-refractivity contribution in [3.8, 4) is 11.4 Å². The summed E-state index contributed by atoms with van der Waals surface area (Å²) < 4.78 is 34.4. The number of aromatic nitrogens is 4. The van der Waals surface area contributed by atoms with Crippen molar-refractivity contribution in [2.24, 2.45) is 7.05 Å². The Balaban J connectivity index is 2.05. The number of hydrogen-bond acceptors (Lipinski definition) is 4. The van der Waals surface area contributed by atoms with Crippen molar-refractivity contribution in [1.29, 1.82) is 0 Å². The van der Waals surface area contributed by atoms with Crippen LogP contribution in [-0.4, -0.2) is 19.8 Å². The predicted octanol–water partition coefficient (Wildman–Crippen LogP) is 3.79. The van der Waals surface area contributed by atoms with Gasteiger partial charge in [0, 0.05) is 29.3 Å². The number of aryl methyl sites for hydroxylation is 1. The van der Waals surface area contributed by atoms with Crippen LogP contribution in [0.1, 0.15) is 17.6 Å². The number of hydrogen-bond donors (Lipinski definition) is 0. The maximum Gasteiger partial charge on any atom is 0.368 e. The van der Waals surface area contributed by atoms with Crippen molar-refractivity contribution in [3.63, 3.8) is 0 Å². The lowest BCUT2D eigenvalue weighted by Gasteiger charge is -2.15. The van der Waals surface area contributed by atoms with Gasteiger partial charge in [-0.15, -0.1) is 0 Å². The largest absolute Gasteiger partial charge is 0.487 e. The highest BCUT2D eigenvalue weighted by Gasteiger charge is 2.20. The normalized spacial score (nSPS) is 11.2. The average molecular weight is 401 g/mol. The van der Waals surface area contributed by atoms with Gasteiger partial charge in [0.05, 0.1) is 10.7 Å². The standard InChI is InChI=1S/C16H12Cl2F2N4O2/c1-23-16(25)24(22-21-23)13-4-2-3-10(15(19)20)11(13)8-26-14-7-9(17)5-6-12(14)18/h2-7,15H,8H2,1H3. The highest BCUT2D eigenvalue weighted by molar-refractivity contribution is 6.34. The van der Waals surface area contributed by atoms with Gasteiger partial charge in [-0.1, -0.05) is 35.3 Å². The molecule has 0 aliphatic heterocycles. The molecule has 0 aliphatic rings. The molecule has 2 aromatic carbocycles. The number of benzene rings is 2. The van der Waals surface area contributed by atoms with Gasteiger partial charge in [-0.2, -0.15) is 9.36 Å². The van der Waals surface area contributed by atoms with Gasteiger partial charge >= 0.3 is 5.69 Å². The first-order chi connectivity index (χ1) is 12.4. The maximum atomic E-state index is 13.5. The van der Waals surface area contributed by atoms with E-state index in [1.54, 1.807) is 6.07 Å². The fourth-order valence-electron chi connectivity index (χ4n) is 2.35. The zero-order valence-electron chi connectivity index (χ0n) is 13.4. The number of alkyl halides is 2. The molecule has 0 saturated heterocycles. The molecule has 136 valence electrons. The molecule has 3 aromatic rings. The molecule has 0 amide bonds. The van der Waals surface area contributed by atoms with Gasteiger partial charge in [-0.3, -0.25) is 0 Å². The summed E-state index contributed by atoms with van der Waals surface area (Å²) in [6.07, 6.45) is -2.77. The molecule has 0 radical (unpaired) electrons. The summed E-state index contributed by atoms with van der Waals surface area (Å²) in [6.45, 7) is -0.265. The zero-order valence-corrected chi connectivity index (χ0v) is 14.9. The second-order valence-corrected chi connectivity index (χ2v) is 6.15. The smallest absolute Gasteiger partial charge is 0.368 e. The van der Waals surface area contributed by atoms with Crippen molar-refractivity contribution in [2.75, 3.05) is 0 Å². The van der Waals surface area contributed by atoms with Crippen LogP contribution in [-0.2, 0) is 13.7 Å². The van der Waals surface area contributed by atoms with Crippen LogP contribution in [0.2, 0.25) is 10.0 Å². The molecule has 0 atom stereocenters. The Hall–Kier alpha value is -2.45. The predicted molar refractivity (Wildman–Crippen MR) is 92.4 cm³/mol. The molecule has 3 rings (SSSR count). The molecule has 1 heterocycles.